The highest BCUT2D eigenvalue weighted by atomic mass is 79.9. The molecule has 100 valence electrons. The lowest BCUT2D eigenvalue weighted by molar-refractivity contribution is -0.140. The van der Waals surface area contributed by atoms with Gasteiger partial charge in [0.15, 0.2) is 0 Å². The molecule has 0 spiro atoms. The van der Waals surface area contributed by atoms with Gasteiger partial charge in [-0.05, 0) is 36.4 Å². The van der Waals surface area contributed by atoms with Gasteiger partial charge in [0.1, 0.15) is 17.3 Å². The zero-order valence-corrected chi connectivity index (χ0v) is 10.9. The molecule has 0 N–H and O–H groups in total. The molecule has 2 rings (SSSR count). The second kappa shape index (κ2) is 5.21. The van der Waals surface area contributed by atoms with Gasteiger partial charge in [0, 0.05) is 4.47 Å². The van der Waals surface area contributed by atoms with Crippen molar-refractivity contribution in [2.45, 2.75) is 6.18 Å². The average Bonchev–Trinajstić information content (AvgIpc) is 2.30. The molecule has 0 aliphatic rings. The fraction of sp³-hybridized carbons (Fsp3) is 0.0769. The Bertz CT molecular complexity index is 595. The molecular formula is C13H7BrF4O. The van der Waals surface area contributed by atoms with E-state index in [1.165, 1.54) is 0 Å². The Morgan fingerprint density at radius 2 is 1.63 bits per heavy atom. The molecule has 0 radical (unpaired) electrons. The van der Waals surface area contributed by atoms with Crippen molar-refractivity contribution in [3.63, 3.8) is 0 Å². The predicted molar refractivity (Wildman–Crippen MR) is 65.6 cm³/mol. The Kier molecular flexibility index (Phi) is 3.80. The average molecular weight is 335 g/mol. The van der Waals surface area contributed by atoms with Crippen molar-refractivity contribution in [2.75, 3.05) is 0 Å². The highest BCUT2D eigenvalue weighted by Gasteiger charge is 2.34. The molecule has 2 aromatic rings. The molecule has 0 saturated carbocycles. The molecule has 0 aliphatic heterocycles. The van der Waals surface area contributed by atoms with Crippen LogP contribution in [0.15, 0.2) is 46.9 Å². The van der Waals surface area contributed by atoms with Crippen LogP contribution in [0.3, 0.4) is 0 Å². The normalized spacial score (nSPS) is 11.4. The van der Waals surface area contributed by atoms with Crippen LogP contribution in [0.2, 0.25) is 0 Å². The minimum atomic E-state index is -4.75. The Balaban J connectivity index is 2.32. The SMILES string of the molecule is Fc1ccc(Oc2cccc(Br)c2)cc1C(F)(F)F. The van der Waals surface area contributed by atoms with Crippen LogP contribution in [-0.4, -0.2) is 0 Å². The fourth-order valence-electron chi connectivity index (χ4n) is 1.45. The molecule has 1 nitrogen and oxygen atoms in total. The first-order valence-electron chi connectivity index (χ1n) is 5.16. The van der Waals surface area contributed by atoms with E-state index in [0.29, 0.717) is 11.8 Å². The van der Waals surface area contributed by atoms with Crippen LogP contribution in [0.5, 0.6) is 11.5 Å². The van der Waals surface area contributed by atoms with Crippen LogP contribution in [0.4, 0.5) is 17.6 Å². The van der Waals surface area contributed by atoms with Crippen molar-refractivity contribution in [1.29, 1.82) is 0 Å². The molecular weight excluding hydrogens is 328 g/mol. The first-order chi connectivity index (χ1) is 8.86. The van der Waals surface area contributed by atoms with E-state index in [1.54, 1.807) is 24.3 Å². The maximum absolute atomic E-state index is 13.1. The maximum Gasteiger partial charge on any atom is 0.419 e. The van der Waals surface area contributed by atoms with Crippen molar-refractivity contribution in [2.24, 2.45) is 0 Å². The van der Waals surface area contributed by atoms with E-state index in [9.17, 15) is 17.6 Å². The van der Waals surface area contributed by atoms with Crippen LogP contribution >= 0.6 is 15.9 Å². The van der Waals surface area contributed by atoms with Crippen LogP contribution in [0, 0.1) is 5.82 Å². The monoisotopic (exact) mass is 334 g/mol. The lowest BCUT2D eigenvalue weighted by atomic mass is 10.2. The van der Waals surface area contributed by atoms with Crippen molar-refractivity contribution in [1.82, 2.24) is 0 Å². The lowest BCUT2D eigenvalue weighted by Gasteiger charge is -2.11. The van der Waals surface area contributed by atoms with Gasteiger partial charge in [-0.1, -0.05) is 22.0 Å². The fourth-order valence-corrected chi connectivity index (χ4v) is 1.83. The van der Waals surface area contributed by atoms with Crippen LogP contribution in [0.25, 0.3) is 0 Å². The minimum absolute atomic E-state index is 0.0770. The van der Waals surface area contributed by atoms with Crippen LogP contribution in [-0.2, 0) is 6.18 Å². The summed E-state index contributed by atoms with van der Waals surface area (Å²) >= 11 is 3.21. The van der Waals surface area contributed by atoms with Gasteiger partial charge in [0.25, 0.3) is 0 Å². The van der Waals surface area contributed by atoms with E-state index in [0.717, 1.165) is 16.6 Å². The zero-order valence-electron chi connectivity index (χ0n) is 9.34. The van der Waals surface area contributed by atoms with Gasteiger partial charge in [0.05, 0.1) is 5.56 Å². The third-order valence-electron chi connectivity index (χ3n) is 2.28. The molecule has 19 heavy (non-hydrogen) atoms. The van der Waals surface area contributed by atoms with Crippen LogP contribution in [0.1, 0.15) is 5.56 Å². The summed E-state index contributed by atoms with van der Waals surface area (Å²) in [4.78, 5) is 0. The standard InChI is InChI=1S/C13H7BrF4O/c14-8-2-1-3-9(6-8)19-10-4-5-12(15)11(7-10)13(16,17)18/h1-7H. The molecule has 0 bridgehead atoms. The first kappa shape index (κ1) is 13.9. The van der Waals surface area contributed by atoms with E-state index < -0.39 is 17.6 Å². The topological polar surface area (TPSA) is 9.23 Å². The number of rotatable bonds is 2. The highest BCUT2D eigenvalue weighted by Crippen LogP contribution is 2.35. The van der Waals surface area contributed by atoms with E-state index in [1.807, 2.05) is 0 Å². The third kappa shape index (κ3) is 3.47. The Morgan fingerprint density at radius 3 is 2.26 bits per heavy atom. The number of hydrogen-bond donors (Lipinski definition) is 0. The molecule has 6 heteroatoms. The summed E-state index contributed by atoms with van der Waals surface area (Å²) in [6.07, 6.45) is -4.75. The van der Waals surface area contributed by atoms with Crippen molar-refractivity contribution in [3.8, 4) is 11.5 Å². The predicted octanol–water partition coefficient (Wildman–Crippen LogP) is 5.40. The van der Waals surface area contributed by atoms with E-state index >= 15 is 0 Å². The van der Waals surface area contributed by atoms with Gasteiger partial charge in [-0.25, -0.2) is 4.39 Å². The summed E-state index contributed by atoms with van der Waals surface area (Å²) in [6.45, 7) is 0. The quantitative estimate of drug-likeness (QED) is 0.668. The molecule has 0 unspecified atom stereocenters. The van der Waals surface area contributed by atoms with Crippen molar-refractivity contribution < 1.29 is 22.3 Å². The van der Waals surface area contributed by atoms with Gasteiger partial charge in [0.2, 0.25) is 0 Å². The Morgan fingerprint density at radius 1 is 0.947 bits per heavy atom. The molecule has 0 saturated heterocycles. The van der Waals surface area contributed by atoms with Gasteiger partial charge >= 0.3 is 6.18 Å². The smallest absolute Gasteiger partial charge is 0.419 e. The summed E-state index contributed by atoms with van der Waals surface area (Å²) in [5.74, 6) is -1.05. The molecule has 0 aliphatic carbocycles. The lowest BCUT2D eigenvalue weighted by Crippen LogP contribution is -2.08. The molecule has 2 aromatic carbocycles. The number of halogens is 5. The second-order valence-electron chi connectivity index (χ2n) is 3.70. The molecule has 0 aromatic heterocycles. The third-order valence-corrected chi connectivity index (χ3v) is 2.77. The zero-order chi connectivity index (χ0) is 14.0. The van der Waals surface area contributed by atoms with E-state index in [4.69, 9.17) is 4.74 Å². The number of hydrogen-bond acceptors (Lipinski definition) is 1. The van der Waals surface area contributed by atoms with Gasteiger partial charge in [-0.2, -0.15) is 13.2 Å². The van der Waals surface area contributed by atoms with Crippen LogP contribution < -0.4 is 4.74 Å². The van der Waals surface area contributed by atoms with Gasteiger partial charge in [-0.3, -0.25) is 0 Å². The maximum atomic E-state index is 13.1. The summed E-state index contributed by atoms with van der Waals surface area (Å²) in [7, 11) is 0. The molecule has 0 fully saturated rings. The van der Waals surface area contributed by atoms with Crippen molar-refractivity contribution >= 4 is 15.9 Å². The number of alkyl halides is 3. The molecule has 0 amide bonds. The number of benzene rings is 2. The second-order valence-corrected chi connectivity index (χ2v) is 4.61. The first-order valence-corrected chi connectivity index (χ1v) is 5.96. The summed E-state index contributed by atoms with van der Waals surface area (Å²) in [5.41, 5.74) is -1.35. The summed E-state index contributed by atoms with van der Waals surface area (Å²) < 4.78 is 56.6. The number of ether oxygens (including phenoxy) is 1. The Labute approximate surface area is 114 Å². The van der Waals surface area contributed by atoms with Gasteiger partial charge < -0.3 is 4.74 Å². The highest BCUT2D eigenvalue weighted by molar-refractivity contribution is 9.10. The Hall–Kier alpha value is -1.56. The van der Waals surface area contributed by atoms with E-state index in [-0.39, 0.29) is 5.75 Å². The van der Waals surface area contributed by atoms with Gasteiger partial charge in [-0.15, -0.1) is 0 Å². The largest absolute Gasteiger partial charge is 0.457 e. The molecule has 0 heterocycles. The summed E-state index contributed by atoms with van der Waals surface area (Å²) in [6, 6.07) is 9.11. The van der Waals surface area contributed by atoms with Crippen molar-refractivity contribution in [3.05, 3.63) is 58.3 Å². The van der Waals surface area contributed by atoms with E-state index in [2.05, 4.69) is 15.9 Å². The molecule has 0 atom stereocenters. The summed E-state index contributed by atoms with van der Waals surface area (Å²) in [5, 5.41) is 0. The minimum Gasteiger partial charge on any atom is -0.457 e.